The number of carbonyl (C=O) groups is 2. The number of hydrogen-bond donors (Lipinski definition) is 1. The SMILES string of the molecule is CCCC1NC(=O)C(C)N(c2ccsc2)C1=O. The van der Waals surface area contributed by atoms with Crippen LogP contribution in [0.15, 0.2) is 16.8 Å². The largest absolute Gasteiger partial charge is 0.342 e. The molecule has 0 radical (unpaired) electrons. The first-order valence-corrected chi connectivity index (χ1v) is 6.75. The first kappa shape index (κ1) is 12.1. The molecule has 0 bridgehead atoms. The molecule has 1 saturated heterocycles. The molecule has 1 fully saturated rings. The zero-order valence-electron chi connectivity index (χ0n) is 9.97. The molecule has 2 atom stereocenters. The first-order valence-electron chi connectivity index (χ1n) is 5.80. The van der Waals surface area contributed by atoms with Crippen LogP contribution in [-0.2, 0) is 9.59 Å². The monoisotopic (exact) mass is 252 g/mol. The number of anilines is 1. The van der Waals surface area contributed by atoms with Gasteiger partial charge in [-0.25, -0.2) is 0 Å². The number of nitrogens with one attached hydrogen (secondary N) is 1. The molecule has 2 heterocycles. The van der Waals surface area contributed by atoms with E-state index in [-0.39, 0.29) is 17.9 Å². The molecule has 2 rings (SSSR count). The van der Waals surface area contributed by atoms with Crippen LogP contribution in [-0.4, -0.2) is 23.9 Å². The molecule has 0 spiro atoms. The third kappa shape index (κ3) is 2.20. The number of hydrogen-bond acceptors (Lipinski definition) is 3. The number of nitrogens with zero attached hydrogens (tertiary/aromatic N) is 1. The molecule has 2 amide bonds. The fourth-order valence-corrected chi connectivity index (χ4v) is 2.69. The quantitative estimate of drug-likeness (QED) is 0.891. The smallest absolute Gasteiger partial charge is 0.250 e. The van der Waals surface area contributed by atoms with Crippen LogP contribution >= 0.6 is 11.3 Å². The lowest BCUT2D eigenvalue weighted by atomic mass is 10.0. The van der Waals surface area contributed by atoms with Crippen molar-refractivity contribution in [3.63, 3.8) is 0 Å². The molecule has 1 aliphatic heterocycles. The molecule has 5 heteroatoms. The van der Waals surface area contributed by atoms with Gasteiger partial charge in [-0.2, -0.15) is 11.3 Å². The van der Waals surface area contributed by atoms with E-state index in [1.807, 2.05) is 23.8 Å². The summed E-state index contributed by atoms with van der Waals surface area (Å²) in [5, 5.41) is 6.59. The summed E-state index contributed by atoms with van der Waals surface area (Å²) in [7, 11) is 0. The van der Waals surface area contributed by atoms with Gasteiger partial charge in [-0.1, -0.05) is 13.3 Å². The fraction of sp³-hybridized carbons (Fsp3) is 0.500. The highest BCUT2D eigenvalue weighted by atomic mass is 32.1. The van der Waals surface area contributed by atoms with Crippen molar-refractivity contribution in [1.82, 2.24) is 5.32 Å². The van der Waals surface area contributed by atoms with Crippen molar-refractivity contribution in [1.29, 1.82) is 0 Å². The summed E-state index contributed by atoms with van der Waals surface area (Å²) in [5.74, 6) is -0.0772. The summed E-state index contributed by atoms with van der Waals surface area (Å²) in [6, 6.07) is 1.08. The van der Waals surface area contributed by atoms with E-state index in [0.717, 1.165) is 12.1 Å². The molecule has 0 saturated carbocycles. The maximum absolute atomic E-state index is 12.3. The van der Waals surface area contributed by atoms with Crippen LogP contribution in [0.4, 0.5) is 5.69 Å². The Balaban J connectivity index is 2.28. The molecular weight excluding hydrogens is 236 g/mol. The molecule has 4 nitrogen and oxygen atoms in total. The summed E-state index contributed by atoms with van der Waals surface area (Å²) >= 11 is 1.53. The van der Waals surface area contributed by atoms with Gasteiger partial charge in [0.25, 0.3) is 0 Å². The average molecular weight is 252 g/mol. The highest BCUT2D eigenvalue weighted by Crippen LogP contribution is 2.24. The summed E-state index contributed by atoms with van der Waals surface area (Å²) < 4.78 is 0. The van der Waals surface area contributed by atoms with Gasteiger partial charge in [0.05, 0.1) is 5.69 Å². The minimum atomic E-state index is -0.426. The third-order valence-electron chi connectivity index (χ3n) is 2.98. The second kappa shape index (κ2) is 4.87. The number of carbonyl (C=O) groups excluding carboxylic acids is 2. The lowest BCUT2D eigenvalue weighted by Gasteiger charge is -2.36. The van der Waals surface area contributed by atoms with Gasteiger partial charge in [-0.15, -0.1) is 0 Å². The van der Waals surface area contributed by atoms with Crippen LogP contribution in [0, 0.1) is 0 Å². The Morgan fingerprint density at radius 1 is 1.47 bits per heavy atom. The van der Waals surface area contributed by atoms with E-state index in [9.17, 15) is 9.59 Å². The predicted molar refractivity (Wildman–Crippen MR) is 68.1 cm³/mol. The van der Waals surface area contributed by atoms with Gasteiger partial charge >= 0.3 is 0 Å². The molecule has 17 heavy (non-hydrogen) atoms. The van der Waals surface area contributed by atoms with Crippen molar-refractivity contribution < 1.29 is 9.59 Å². The van der Waals surface area contributed by atoms with Crippen molar-refractivity contribution in [2.75, 3.05) is 4.90 Å². The Hall–Kier alpha value is -1.36. The van der Waals surface area contributed by atoms with Crippen LogP contribution in [0.5, 0.6) is 0 Å². The van der Waals surface area contributed by atoms with E-state index in [4.69, 9.17) is 0 Å². The second-order valence-corrected chi connectivity index (χ2v) is 5.00. The van der Waals surface area contributed by atoms with E-state index in [1.165, 1.54) is 11.3 Å². The van der Waals surface area contributed by atoms with Crippen molar-refractivity contribution in [2.24, 2.45) is 0 Å². The summed E-state index contributed by atoms with van der Waals surface area (Å²) in [4.78, 5) is 25.7. The highest BCUT2D eigenvalue weighted by molar-refractivity contribution is 7.08. The number of thiophene rings is 1. The Labute approximate surface area is 105 Å². The molecule has 92 valence electrons. The van der Waals surface area contributed by atoms with Crippen LogP contribution in [0.3, 0.4) is 0 Å². The topological polar surface area (TPSA) is 49.4 Å². The molecule has 0 aliphatic carbocycles. The maximum atomic E-state index is 12.3. The fourth-order valence-electron chi connectivity index (χ4n) is 2.06. The van der Waals surface area contributed by atoms with E-state index in [1.54, 1.807) is 11.8 Å². The Bertz CT molecular complexity index is 416. The third-order valence-corrected chi connectivity index (χ3v) is 3.65. The van der Waals surface area contributed by atoms with Crippen molar-refractivity contribution >= 4 is 28.8 Å². The van der Waals surface area contributed by atoms with Gasteiger partial charge in [-0.05, 0) is 24.8 Å². The number of piperazine rings is 1. The molecule has 2 unspecified atom stereocenters. The van der Waals surface area contributed by atoms with Crippen molar-refractivity contribution in [3.8, 4) is 0 Å². The first-order chi connectivity index (χ1) is 8.15. The van der Waals surface area contributed by atoms with E-state index >= 15 is 0 Å². The molecular formula is C12H16N2O2S. The standard InChI is InChI=1S/C12H16N2O2S/c1-3-4-10-12(16)14(8(2)11(15)13-10)9-5-6-17-7-9/h5-8,10H,3-4H2,1-2H3,(H,13,15). The van der Waals surface area contributed by atoms with Crippen LogP contribution in [0.25, 0.3) is 0 Å². The van der Waals surface area contributed by atoms with Gasteiger partial charge in [0.1, 0.15) is 12.1 Å². The molecule has 0 aromatic carbocycles. The zero-order chi connectivity index (χ0) is 12.4. The van der Waals surface area contributed by atoms with Gasteiger partial charge in [0, 0.05) is 5.38 Å². The molecule has 1 aromatic heterocycles. The predicted octanol–water partition coefficient (Wildman–Crippen LogP) is 1.77. The van der Waals surface area contributed by atoms with Crippen LogP contribution < -0.4 is 10.2 Å². The van der Waals surface area contributed by atoms with Gasteiger partial charge < -0.3 is 5.32 Å². The summed E-state index contributed by atoms with van der Waals surface area (Å²) in [5.41, 5.74) is 0.823. The van der Waals surface area contributed by atoms with Gasteiger partial charge in [-0.3, -0.25) is 14.5 Å². The Morgan fingerprint density at radius 2 is 2.24 bits per heavy atom. The summed E-state index contributed by atoms with van der Waals surface area (Å²) in [6.45, 7) is 3.76. The average Bonchev–Trinajstić information content (AvgIpc) is 2.80. The zero-order valence-corrected chi connectivity index (χ0v) is 10.8. The highest BCUT2D eigenvalue weighted by Gasteiger charge is 2.38. The van der Waals surface area contributed by atoms with Crippen molar-refractivity contribution in [2.45, 2.75) is 38.8 Å². The Morgan fingerprint density at radius 3 is 2.82 bits per heavy atom. The molecule has 1 aromatic rings. The van der Waals surface area contributed by atoms with E-state index in [0.29, 0.717) is 6.42 Å². The van der Waals surface area contributed by atoms with Gasteiger partial charge in [0.2, 0.25) is 11.8 Å². The Kier molecular flexibility index (Phi) is 3.47. The van der Waals surface area contributed by atoms with Crippen LogP contribution in [0.2, 0.25) is 0 Å². The minimum absolute atomic E-state index is 0.00245. The lowest BCUT2D eigenvalue weighted by molar-refractivity contribution is -0.133. The number of amides is 2. The summed E-state index contributed by atoms with van der Waals surface area (Å²) in [6.07, 6.45) is 1.57. The van der Waals surface area contributed by atoms with Gasteiger partial charge in [0.15, 0.2) is 0 Å². The number of rotatable bonds is 3. The molecule has 1 N–H and O–H groups in total. The maximum Gasteiger partial charge on any atom is 0.250 e. The minimum Gasteiger partial charge on any atom is -0.342 e. The normalized spacial score (nSPS) is 24.9. The van der Waals surface area contributed by atoms with Crippen LogP contribution in [0.1, 0.15) is 26.7 Å². The van der Waals surface area contributed by atoms with E-state index in [2.05, 4.69) is 5.32 Å². The van der Waals surface area contributed by atoms with E-state index < -0.39 is 6.04 Å². The molecule has 1 aliphatic rings. The van der Waals surface area contributed by atoms with Crippen molar-refractivity contribution in [3.05, 3.63) is 16.8 Å². The second-order valence-electron chi connectivity index (χ2n) is 4.22. The lowest BCUT2D eigenvalue weighted by Crippen LogP contribution is -2.62.